The molecule has 6 aromatic carbocycles. The fourth-order valence-corrected chi connectivity index (χ4v) is 8.54. The van der Waals surface area contributed by atoms with E-state index >= 15 is 0 Å². The van der Waals surface area contributed by atoms with E-state index in [0.29, 0.717) is 16.5 Å². The fraction of sp³-hybridized carbons (Fsp3) is 0.200. The molecule has 0 saturated carbocycles. The number of carbonyl (C=O) groups excluding carboxylic acids is 1. The van der Waals surface area contributed by atoms with Gasteiger partial charge in [-0.3, -0.25) is 4.79 Å². The molecule has 7 aromatic rings. The van der Waals surface area contributed by atoms with Crippen LogP contribution in [-0.4, -0.2) is 18.3 Å². The molecule has 0 unspecified atom stereocenters. The topological polar surface area (TPSA) is 30.2 Å². The molecule has 0 aliphatic rings. The van der Waals surface area contributed by atoms with Gasteiger partial charge < -0.3 is 4.74 Å². The quantitative estimate of drug-likeness (QED) is 0.0657. The number of halogens is 27. The zero-order valence-electron chi connectivity index (χ0n) is 39.0. The minimum absolute atomic E-state index is 0.253. The highest BCUT2D eigenvalue weighted by Gasteiger charge is 2.47. The number of benzene rings is 6. The van der Waals surface area contributed by atoms with Crippen LogP contribution in [0.3, 0.4) is 0 Å². The number of Topliss-reactive ketones (excluding diaryl/α,β-unsaturated/α-hetero) is 1. The summed E-state index contributed by atoms with van der Waals surface area (Å²) in [5, 5.41) is 0.716. The van der Waals surface area contributed by atoms with Gasteiger partial charge in [-0.15, -0.1) is 13.2 Å². The van der Waals surface area contributed by atoms with Crippen molar-refractivity contribution in [3.8, 4) is 5.88 Å². The average molecular weight is 1200 g/mol. The molecular formula is C50H25BF27NO2. The van der Waals surface area contributed by atoms with Crippen LogP contribution in [-0.2, 0) is 56.0 Å². The van der Waals surface area contributed by atoms with Gasteiger partial charge in [-0.2, -0.15) is 132 Å². The van der Waals surface area contributed by atoms with E-state index in [1.165, 1.54) is 16.7 Å². The van der Waals surface area contributed by atoms with Crippen LogP contribution in [0.4, 0.5) is 119 Å². The van der Waals surface area contributed by atoms with Crippen molar-refractivity contribution in [2.24, 2.45) is 0 Å². The van der Waals surface area contributed by atoms with Gasteiger partial charge in [-0.1, -0.05) is 91.0 Å². The molecule has 434 valence electrons. The Kier molecular flexibility index (Phi) is 16.5. The van der Waals surface area contributed by atoms with Crippen LogP contribution < -0.4 is 31.2 Å². The number of ether oxygens (including phenoxy) is 1. The van der Waals surface area contributed by atoms with E-state index in [9.17, 15) is 123 Å². The van der Waals surface area contributed by atoms with Gasteiger partial charge in [0.25, 0.3) is 0 Å². The Bertz CT molecular complexity index is 3000. The Morgan fingerprint density at radius 3 is 0.889 bits per heavy atom. The first-order valence-corrected chi connectivity index (χ1v) is 21.8. The van der Waals surface area contributed by atoms with Crippen LogP contribution in [0.2, 0.25) is 0 Å². The summed E-state index contributed by atoms with van der Waals surface area (Å²) in [4.78, 5) is 12.4. The first kappa shape index (κ1) is 62.6. The summed E-state index contributed by atoms with van der Waals surface area (Å²) in [6.45, 7) is -0.253. The largest absolute Gasteiger partial charge is 0.577 e. The van der Waals surface area contributed by atoms with Crippen molar-refractivity contribution in [1.29, 1.82) is 0 Å². The van der Waals surface area contributed by atoms with Gasteiger partial charge in [0.2, 0.25) is 17.8 Å². The zero-order valence-corrected chi connectivity index (χ0v) is 39.0. The lowest BCUT2D eigenvalue weighted by Gasteiger charge is -2.46. The molecule has 0 spiro atoms. The third-order valence-corrected chi connectivity index (χ3v) is 12.0. The first-order chi connectivity index (χ1) is 36.7. The molecule has 0 aliphatic heterocycles. The van der Waals surface area contributed by atoms with E-state index in [4.69, 9.17) is 0 Å². The summed E-state index contributed by atoms with van der Waals surface area (Å²) in [6, 6.07) is 9.23. The van der Waals surface area contributed by atoms with Crippen molar-refractivity contribution in [3.05, 3.63) is 190 Å². The second-order valence-electron chi connectivity index (χ2n) is 17.4. The maximum absolute atomic E-state index is 14.2. The summed E-state index contributed by atoms with van der Waals surface area (Å²) >= 11 is 0. The number of para-hydroxylation sites is 1. The monoisotopic (exact) mass is 1200 g/mol. The van der Waals surface area contributed by atoms with E-state index in [0.717, 1.165) is 0 Å². The normalized spacial score (nSPS) is 13.5. The molecule has 81 heavy (non-hydrogen) atoms. The summed E-state index contributed by atoms with van der Waals surface area (Å²) in [6.07, 6.45) is -59.6. The molecule has 0 aliphatic carbocycles. The smallest absolute Gasteiger partial charge is 0.350 e. The Hall–Kier alpha value is -7.63. The van der Waals surface area contributed by atoms with Crippen molar-refractivity contribution < 1.29 is 133 Å². The Balaban J connectivity index is 0.000000363. The molecule has 0 fully saturated rings. The molecule has 31 heteroatoms. The molecule has 0 bridgehead atoms. The van der Waals surface area contributed by atoms with Crippen LogP contribution in [0, 0.1) is 0 Å². The van der Waals surface area contributed by atoms with Crippen LogP contribution >= 0.6 is 0 Å². The number of aromatic nitrogens is 1. The predicted molar refractivity (Wildman–Crippen MR) is 232 cm³/mol. The molecule has 0 N–H and O–H groups in total. The minimum atomic E-state index is -6.13. The van der Waals surface area contributed by atoms with E-state index in [1.807, 2.05) is 0 Å². The third kappa shape index (κ3) is 14.5. The second kappa shape index (κ2) is 21.4. The molecular weight excluding hydrogens is 1170 g/mol. The number of alkyl halides is 27. The highest BCUT2D eigenvalue weighted by Crippen LogP contribution is 2.42. The number of ketones is 1. The standard InChI is InChI=1S/C32H12BF24.C18H13F3NO2/c34-25(35,36)13-1-14(26(37,38)39)6-21(5-13)33(22-7-15(27(40,41)42)2-16(8-22)28(43,44)45,23-9-17(29(46,47)48)3-18(10-23)30(49,50)51)24-11-19(31(52,53)54)4-20(12-24)32(55,56)57;19-18(20,21)24-17-11-10-13-6-4-5-9-15(13)22(17)12-16(23)14-7-2-1-3-8-14/h1-12H;1-11H,12H2/q-1;+1. The molecule has 1 aromatic heterocycles. The highest BCUT2D eigenvalue weighted by molar-refractivity contribution is 7.20. The minimum Gasteiger partial charge on any atom is -0.350 e. The molecule has 1 heterocycles. The van der Waals surface area contributed by atoms with Crippen molar-refractivity contribution in [2.75, 3.05) is 0 Å². The average Bonchev–Trinajstić information content (AvgIpc) is 3.32. The van der Waals surface area contributed by atoms with Crippen LogP contribution in [0.5, 0.6) is 5.88 Å². The lowest BCUT2D eigenvalue weighted by atomic mass is 9.12. The van der Waals surface area contributed by atoms with E-state index in [2.05, 4.69) is 4.74 Å². The SMILES string of the molecule is FC(F)(F)c1cc([B-](c2cc(C(F)(F)F)cc(C(F)(F)F)c2)(c2cc(C(F)(F)F)cc(C(F)(F)F)c2)c2cc(C(F)(F)F)cc(C(F)(F)F)c2)cc(C(F)(F)F)c1.O=C(C[n+]1c(OC(F)(F)F)ccc2ccccc21)c1ccccc1. The molecule has 0 atom stereocenters. The number of rotatable bonds is 8. The van der Waals surface area contributed by atoms with Gasteiger partial charge in [0, 0.05) is 17.0 Å². The fourth-order valence-electron chi connectivity index (χ4n) is 8.54. The van der Waals surface area contributed by atoms with Gasteiger partial charge in [0.15, 0.2) is 0 Å². The lowest BCUT2D eigenvalue weighted by molar-refractivity contribution is -0.668. The van der Waals surface area contributed by atoms with Gasteiger partial charge in [0.05, 0.1) is 50.6 Å². The number of nitrogens with zero attached hydrogens (tertiary/aromatic N) is 1. The summed E-state index contributed by atoms with van der Waals surface area (Å²) in [5.74, 6) is -0.727. The number of carbonyl (C=O) groups is 1. The summed E-state index contributed by atoms with van der Waals surface area (Å²) < 4.78 is 384. The van der Waals surface area contributed by atoms with Crippen LogP contribution in [0.1, 0.15) is 54.9 Å². The maximum atomic E-state index is 14.2. The summed E-state index contributed by atoms with van der Waals surface area (Å²) in [7, 11) is 0. The Morgan fingerprint density at radius 1 is 0.346 bits per heavy atom. The van der Waals surface area contributed by atoms with Crippen LogP contribution in [0.25, 0.3) is 10.9 Å². The number of hydrogen-bond donors (Lipinski definition) is 0. The molecule has 3 nitrogen and oxygen atoms in total. The molecule has 0 saturated heterocycles. The van der Waals surface area contributed by atoms with E-state index in [-0.39, 0.29) is 12.3 Å². The van der Waals surface area contributed by atoms with E-state index < -0.39 is 207 Å². The van der Waals surface area contributed by atoms with Crippen LogP contribution in [0.15, 0.2) is 140 Å². The molecule has 7 rings (SSSR count). The third-order valence-electron chi connectivity index (χ3n) is 12.0. The van der Waals surface area contributed by atoms with Crippen molar-refractivity contribution in [2.45, 2.75) is 62.3 Å². The van der Waals surface area contributed by atoms with Gasteiger partial charge in [0.1, 0.15) is 6.15 Å². The van der Waals surface area contributed by atoms with Gasteiger partial charge >= 0.3 is 61.7 Å². The molecule has 0 amide bonds. The van der Waals surface area contributed by atoms with Crippen molar-refractivity contribution in [3.63, 3.8) is 0 Å². The number of fused-ring (bicyclic) bond motifs is 1. The maximum Gasteiger partial charge on any atom is 0.577 e. The number of pyridine rings is 1. The number of hydrogen-bond acceptors (Lipinski definition) is 2. The Labute approximate surface area is 434 Å². The second-order valence-corrected chi connectivity index (χ2v) is 17.4. The van der Waals surface area contributed by atoms with E-state index in [1.54, 1.807) is 54.6 Å². The Morgan fingerprint density at radius 2 is 0.617 bits per heavy atom. The highest BCUT2D eigenvalue weighted by atomic mass is 19.4. The van der Waals surface area contributed by atoms with Gasteiger partial charge in [-0.05, 0) is 36.4 Å². The van der Waals surface area contributed by atoms with Crippen molar-refractivity contribution >= 4 is 44.7 Å². The summed E-state index contributed by atoms with van der Waals surface area (Å²) in [5.41, 5.74) is -29.3. The molecule has 0 radical (unpaired) electrons. The zero-order chi connectivity index (χ0) is 61.1. The first-order valence-electron chi connectivity index (χ1n) is 21.8. The van der Waals surface area contributed by atoms with Crippen molar-refractivity contribution in [1.82, 2.24) is 0 Å². The lowest BCUT2D eigenvalue weighted by Crippen LogP contribution is -2.75. The van der Waals surface area contributed by atoms with Gasteiger partial charge in [-0.25, -0.2) is 0 Å². The predicted octanol–water partition coefficient (Wildman–Crippen LogP) is 15.1.